The van der Waals surface area contributed by atoms with Crippen LogP contribution in [0.5, 0.6) is 0 Å². The van der Waals surface area contributed by atoms with Crippen molar-refractivity contribution in [2.45, 2.75) is 18.2 Å². The Morgan fingerprint density at radius 3 is 2.67 bits per heavy atom. The number of likely N-dealkylation sites (N-methyl/N-ethyl adjacent to an activating group) is 1. The third kappa shape index (κ3) is 5.62. The zero-order chi connectivity index (χ0) is 15.9. The maximum absolute atomic E-state index is 12.3. The van der Waals surface area contributed by atoms with E-state index in [9.17, 15) is 8.42 Å². The van der Waals surface area contributed by atoms with E-state index in [1.807, 2.05) is 18.9 Å². The number of benzene rings is 1. The summed E-state index contributed by atoms with van der Waals surface area (Å²) in [7, 11) is 0.0338. The zero-order valence-electron chi connectivity index (χ0n) is 12.9. The van der Waals surface area contributed by atoms with Gasteiger partial charge in [0.05, 0.1) is 11.5 Å². The van der Waals surface area contributed by atoms with Gasteiger partial charge in [-0.2, -0.15) is 0 Å². The molecule has 1 aromatic carbocycles. The Morgan fingerprint density at radius 2 is 2.05 bits per heavy atom. The molecule has 0 aliphatic rings. The Labute approximate surface area is 127 Å². The number of aryl methyl sites for hydroxylation is 1. The van der Waals surface area contributed by atoms with E-state index < -0.39 is 10.0 Å². The van der Waals surface area contributed by atoms with Gasteiger partial charge in [0.15, 0.2) is 0 Å². The highest BCUT2D eigenvalue weighted by Crippen LogP contribution is 2.19. The number of hydrogen-bond donors (Lipinski definition) is 2. The van der Waals surface area contributed by atoms with Crippen LogP contribution < -0.4 is 10.5 Å². The molecule has 0 saturated carbocycles. The third-order valence-electron chi connectivity index (χ3n) is 3.22. The van der Waals surface area contributed by atoms with E-state index in [-0.39, 0.29) is 4.90 Å². The fourth-order valence-corrected chi connectivity index (χ4v) is 3.29. The van der Waals surface area contributed by atoms with Crippen LogP contribution in [0.2, 0.25) is 0 Å². The first kappa shape index (κ1) is 17.9. The molecule has 0 radical (unpaired) electrons. The van der Waals surface area contributed by atoms with E-state index in [4.69, 9.17) is 10.5 Å². The largest absolute Gasteiger partial charge is 0.399 e. The van der Waals surface area contributed by atoms with Gasteiger partial charge in [-0.05, 0) is 31.2 Å². The second kappa shape index (κ2) is 8.33. The number of hydrogen-bond acceptors (Lipinski definition) is 5. The monoisotopic (exact) mass is 315 g/mol. The van der Waals surface area contributed by atoms with Gasteiger partial charge in [-0.1, -0.05) is 13.0 Å². The van der Waals surface area contributed by atoms with Gasteiger partial charge in [-0.3, -0.25) is 0 Å². The molecular formula is C14H25N3O3S. The van der Waals surface area contributed by atoms with Gasteiger partial charge in [0.2, 0.25) is 10.0 Å². The minimum absolute atomic E-state index is 0.268. The number of nitrogens with two attached hydrogens (primary N) is 1. The molecule has 0 aliphatic carbocycles. The highest BCUT2D eigenvalue weighted by Gasteiger charge is 2.17. The van der Waals surface area contributed by atoms with E-state index >= 15 is 0 Å². The topological polar surface area (TPSA) is 84.7 Å². The Hall–Kier alpha value is -1.15. The van der Waals surface area contributed by atoms with Crippen molar-refractivity contribution in [3.63, 3.8) is 0 Å². The van der Waals surface area contributed by atoms with Crippen molar-refractivity contribution < 1.29 is 13.2 Å². The second-order valence-corrected chi connectivity index (χ2v) is 6.65. The molecule has 0 spiro atoms. The number of nitrogens with zero attached hydrogens (tertiary/aromatic N) is 1. The van der Waals surface area contributed by atoms with Crippen LogP contribution in [0.25, 0.3) is 0 Å². The minimum Gasteiger partial charge on any atom is -0.399 e. The van der Waals surface area contributed by atoms with E-state index in [2.05, 4.69) is 4.72 Å². The average molecular weight is 315 g/mol. The lowest BCUT2D eigenvalue weighted by Gasteiger charge is -2.17. The summed E-state index contributed by atoms with van der Waals surface area (Å²) in [4.78, 5) is 2.27. The summed E-state index contributed by atoms with van der Waals surface area (Å²) in [5.41, 5.74) is 6.91. The number of rotatable bonds is 9. The minimum atomic E-state index is -3.53. The van der Waals surface area contributed by atoms with E-state index in [0.29, 0.717) is 31.8 Å². The first-order valence-electron chi connectivity index (χ1n) is 6.96. The van der Waals surface area contributed by atoms with E-state index in [0.717, 1.165) is 12.1 Å². The second-order valence-electron chi connectivity index (χ2n) is 4.91. The van der Waals surface area contributed by atoms with Crippen molar-refractivity contribution in [3.8, 4) is 0 Å². The van der Waals surface area contributed by atoms with Crippen molar-refractivity contribution in [3.05, 3.63) is 23.8 Å². The maximum atomic E-state index is 12.3. The molecule has 3 N–H and O–H groups in total. The summed E-state index contributed by atoms with van der Waals surface area (Å²) in [6, 6.07) is 4.99. The summed E-state index contributed by atoms with van der Waals surface area (Å²) in [6.07, 6.45) is 0.643. The summed E-state index contributed by atoms with van der Waals surface area (Å²) < 4.78 is 32.3. The van der Waals surface area contributed by atoms with Crippen molar-refractivity contribution in [1.29, 1.82) is 0 Å². The first-order chi connectivity index (χ1) is 9.90. The molecule has 120 valence electrons. The molecule has 0 aliphatic heterocycles. The number of nitrogens with one attached hydrogen (secondary N) is 1. The van der Waals surface area contributed by atoms with Crippen molar-refractivity contribution in [1.82, 2.24) is 9.62 Å². The number of nitrogen functional groups attached to an aromatic ring is 1. The smallest absolute Gasteiger partial charge is 0.240 e. The zero-order valence-corrected chi connectivity index (χ0v) is 13.7. The molecule has 1 aromatic rings. The standard InChI is InChI=1S/C14H25N3O3S/c1-4-12-5-6-13(15)11-14(12)21(18,19)16-7-8-17(2)9-10-20-3/h5-6,11,16H,4,7-10,15H2,1-3H3. The van der Waals surface area contributed by atoms with Crippen LogP contribution in [0.1, 0.15) is 12.5 Å². The van der Waals surface area contributed by atoms with Crippen LogP contribution in [-0.2, 0) is 21.2 Å². The van der Waals surface area contributed by atoms with Crippen molar-refractivity contribution in [2.24, 2.45) is 0 Å². The van der Waals surface area contributed by atoms with Crippen molar-refractivity contribution in [2.75, 3.05) is 46.1 Å². The average Bonchev–Trinajstić information content (AvgIpc) is 2.44. The van der Waals surface area contributed by atoms with Gasteiger partial charge in [0.1, 0.15) is 0 Å². The molecule has 1 rings (SSSR count). The van der Waals surface area contributed by atoms with Crippen molar-refractivity contribution >= 4 is 15.7 Å². The Kier molecular flexibility index (Phi) is 7.10. The summed E-state index contributed by atoms with van der Waals surface area (Å²) in [5.74, 6) is 0. The van der Waals surface area contributed by atoms with Gasteiger partial charge in [0.25, 0.3) is 0 Å². The van der Waals surface area contributed by atoms with Gasteiger partial charge >= 0.3 is 0 Å². The molecule has 0 saturated heterocycles. The predicted molar refractivity (Wildman–Crippen MR) is 84.8 cm³/mol. The fourth-order valence-electron chi connectivity index (χ4n) is 1.92. The Balaban J connectivity index is 2.68. The molecule has 0 unspecified atom stereocenters. The lowest BCUT2D eigenvalue weighted by atomic mass is 10.1. The SMILES string of the molecule is CCc1ccc(N)cc1S(=O)(=O)NCCN(C)CCOC. The fraction of sp³-hybridized carbons (Fsp3) is 0.571. The van der Waals surface area contributed by atoms with Crippen LogP contribution in [0.4, 0.5) is 5.69 Å². The third-order valence-corrected chi connectivity index (χ3v) is 4.77. The van der Waals surface area contributed by atoms with Crippen LogP contribution in [-0.4, -0.2) is 53.7 Å². The van der Waals surface area contributed by atoms with E-state index in [1.165, 1.54) is 6.07 Å². The molecule has 0 fully saturated rings. The molecular weight excluding hydrogens is 290 g/mol. The van der Waals surface area contributed by atoms with Crippen LogP contribution in [0.15, 0.2) is 23.1 Å². The quantitative estimate of drug-likeness (QED) is 0.655. The molecule has 0 bridgehead atoms. The maximum Gasteiger partial charge on any atom is 0.240 e. The molecule has 0 amide bonds. The molecule has 0 atom stereocenters. The lowest BCUT2D eigenvalue weighted by Crippen LogP contribution is -2.34. The molecule has 6 nitrogen and oxygen atoms in total. The van der Waals surface area contributed by atoms with Crippen LogP contribution >= 0.6 is 0 Å². The lowest BCUT2D eigenvalue weighted by molar-refractivity contribution is 0.162. The van der Waals surface area contributed by atoms with Crippen LogP contribution in [0.3, 0.4) is 0 Å². The molecule has 7 heteroatoms. The number of methoxy groups -OCH3 is 1. The summed E-state index contributed by atoms with van der Waals surface area (Å²) in [6.45, 7) is 4.27. The molecule has 21 heavy (non-hydrogen) atoms. The normalized spacial score (nSPS) is 12.0. The first-order valence-corrected chi connectivity index (χ1v) is 8.44. The number of sulfonamides is 1. The highest BCUT2D eigenvalue weighted by molar-refractivity contribution is 7.89. The van der Waals surface area contributed by atoms with E-state index in [1.54, 1.807) is 19.2 Å². The van der Waals surface area contributed by atoms with Gasteiger partial charge in [0, 0.05) is 32.4 Å². The van der Waals surface area contributed by atoms with Gasteiger partial charge in [-0.25, -0.2) is 13.1 Å². The molecule has 0 heterocycles. The van der Waals surface area contributed by atoms with Gasteiger partial charge in [-0.15, -0.1) is 0 Å². The predicted octanol–water partition coefficient (Wildman–Crippen LogP) is 0.688. The number of anilines is 1. The highest BCUT2D eigenvalue weighted by atomic mass is 32.2. The number of ether oxygens (including phenoxy) is 1. The van der Waals surface area contributed by atoms with Crippen LogP contribution in [0, 0.1) is 0 Å². The Bertz CT molecular complexity index is 546. The Morgan fingerprint density at radius 1 is 1.33 bits per heavy atom. The molecule has 0 aromatic heterocycles. The summed E-state index contributed by atoms with van der Waals surface area (Å²) >= 11 is 0. The van der Waals surface area contributed by atoms with Gasteiger partial charge < -0.3 is 15.4 Å². The summed E-state index contributed by atoms with van der Waals surface area (Å²) in [5, 5.41) is 0.